The first-order valence-corrected chi connectivity index (χ1v) is 22.2. The van der Waals surface area contributed by atoms with Crippen LogP contribution in [-0.4, -0.2) is 80.6 Å². The van der Waals surface area contributed by atoms with Crippen molar-refractivity contribution in [2.24, 2.45) is 0 Å². The van der Waals surface area contributed by atoms with Gasteiger partial charge in [0.1, 0.15) is 6.61 Å². The molecule has 8 heteroatoms. The number of carbonyl (C=O) groups excluding carboxylic acids is 2. The zero-order valence-corrected chi connectivity index (χ0v) is 36.1. The average Bonchev–Trinajstić information content (AvgIpc) is 3.14. The molecule has 0 bridgehead atoms. The van der Waals surface area contributed by atoms with Gasteiger partial charge in [0.2, 0.25) is 0 Å². The maximum atomic E-state index is 12.7. The van der Waals surface area contributed by atoms with Gasteiger partial charge in [-0.15, -0.1) is 0 Å². The van der Waals surface area contributed by atoms with Crippen molar-refractivity contribution in [3.63, 3.8) is 0 Å². The second-order valence-electron chi connectivity index (χ2n) is 15.9. The minimum Gasteiger partial charge on any atom is -0.477 e. The van der Waals surface area contributed by atoms with Crippen LogP contribution < -0.4 is 0 Å². The molecule has 0 radical (unpaired) electrons. The van der Waals surface area contributed by atoms with E-state index in [0.29, 0.717) is 19.3 Å². The summed E-state index contributed by atoms with van der Waals surface area (Å²) >= 11 is 0. The molecule has 0 aliphatic carbocycles. The molecule has 0 aromatic heterocycles. The summed E-state index contributed by atoms with van der Waals surface area (Å²) in [5.74, 6) is -1.52. The van der Waals surface area contributed by atoms with Crippen molar-refractivity contribution < 1.29 is 38.2 Å². The van der Waals surface area contributed by atoms with E-state index < -0.39 is 18.1 Å². The molecule has 0 aliphatic rings. The molecule has 1 N–H and O–H groups in total. The van der Waals surface area contributed by atoms with Crippen LogP contribution in [0.3, 0.4) is 0 Å². The summed E-state index contributed by atoms with van der Waals surface area (Å²) in [6, 6.07) is -0.622. The summed E-state index contributed by atoms with van der Waals surface area (Å²) in [6.45, 7) is 4.58. The number of carboxylic acids is 1. The molecular weight excluding hydrogens is 691 g/mol. The lowest BCUT2D eigenvalue weighted by Crippen LogP contribution is -2.50. The monoisotopic (exact) mass is 775 g/mol. The Kier molecular flexibility index (Phi) is 36.3. The van der Waals surface area contributed by atoms with E-state index in [1.807, 2.05) is 21.1 Å². The third-order valence-electron chi connectivity index (χ3n) is 9.74. The van der Waals surface area contributed by atoms with Crippen LogP contribution in [0.5, 0.6) is 0 Å². The predicted octanol–water partition coefficient (Wildman–Crippen LogP) is 12.0. The molecule has 0 aromatic rings. The Labute approximate surface area is 337 Å². The molecule has 0 rings (SSSR count). The molecule has 0 fully saturated rings. The fourth-order valence-corrected chi connectivity index (χ4v) is 6.32. The number of nitrogens with zero attached hydrogens (tertiary/aromatic N) is 1. The van der Waals surface area contributed by atoms with Crippen LogP contribution in [0.25, 0.3) is 0 Å². The standard InChI is InChI=1S/C47H83NO7/c1-6-8-10-12-14-16-18-20-22-24-25-27-29-31-33-35-37-45(49)54-42-43(41-53-40-39-44(47(51)52)48(3,4)5)55-46(50)38-36-34-32-30-28-26-23-21-19-17-15-13-11-9-7-2/h9,11,15,17,21,23,28,30,43-44H,6-8,10,12-14,16,18-20,22,24-27,29,31-42H2,1-5H3/p+1/b11-9-,17-15-,23-21-,30-28-. The Morgan fingerprint density at radius 2 is 1.02 bits per heavy atom. The van der Waals surface area contributed by atoms with E-state index in [9.17, 15) is 19.5 Å². The highest BCUT2D eigenvalue weighted by Crippen LogP contribution is 2.15. The van der Waals surface area contributed by atoms with Crippen molar-refractivity contribution in [3.05, 3.63) is 48.6 Å². The molecule has 0 spiro atoms. The van der Waals surface area contributed by atoms with E-state index in [1.165, 1.54) is 83.5 Å². The zero-order chi connectivity index (χ0) is 40.7. The van der Waals surface area contributed by atoms with Crippen LogP contribution in [0.15, 0.2) is 48.6 Å². The van der Waals surface area contributed by atoms with Crippen LogP contribution in [0.2, 0.25) is 0 Å². The Morgan fingerprint density at radius 1 is 0.564 bits per heavy atom. The molecular formula is C47H84NO7+. The van der Waals surface area contributed by atoms with Gasteiger partial charge in [0.05, 0.1) is 34.4 Å². The molecule has 0 aromatic carbocycles. The van der Waals surface area contributed by atoms with Crippen molar-refractivity contribution >= 4 is 17.9 Å². The molecule has 0 aliphatic heterocycles. The predicted molar refractivity (Wildman–Crippen MR) is 229 cm³/mol. The maximum Gasteiger partial charge on any atom is 0.362 e. The number of likely N-dealkylation sites (N-methyl/N-ethyl adjacent to an activating group) is 1. The normalized spacial score (nSPS) is 13.4. The van der Waals surface area contributed by atoms with Gasteiger partial charge in [0.15, 0.2) is 12.1 Å². The van der Waals surface area contributed by atoms with Crippen molar-refractivity contribution in [2.45, 2.75) is 193 Å². The van der Waals surface area contributed by atoms with E-state index in [1.54, 1.807) is 0 Å². The average molecular weight is 775 g/mol. The second-order valence-corrected chi connectivity index (χ2v) is 15.9. The topological polar surface area (TPSA) is 99.1 Å². The van der Waals surface area contributed by atoms with Gasteiger partial charge in [-0.1, -0.05) is 159 Å². The molecule has 0 saturated carbocycles. The highest BCUT2D eigenvalue weighted by molar-refractivity contribution is 5.72. The number of esters is 2. The molecule has 55 heavy (non-hydrogen) atoms. The van der Waals surface area contributed by atoms with E-state index in [-0.39, 0.29) is 42.7 Å². The van der Waals surface area contributed by atoms with Crippen molar-refractivity contribution in [1.82, 2.24) is 0 Å². The van der Waals surface area contributed by atoms with Gasteiger partial charge in [-0.25, -0.2) is 4.79 Å². The Hall–Kier alpha value is -2.71. The molecule has 0 heterocycles. The maximum absolute atomic E-state index is 12.7. The lowest BCUT2D eigenvalue weighted by molar-refractivity contribution is -0.887. The molecule has 8 nitrogen and oxygen atoms in total. The van der Waals surface area contributed by atoms with Crippen molar-refractivity contribution in [1.29, 1.82) is 0 Å². The number of hydrogen-bond acceptors (Lipinski definition) is 6. The molecule has 2 unspecified atom stereocenters. The number of carbonyl (C=O) groups is 3. The lowest BCUT2D eigenvalue weighted by Gasteiger charge is -2.31. The Morgan fingerprint density at radius 3 is 1.51 bits per heavy atom. The number of hydrogen-bond donors (Lipinski definition) is 1. The molecule has 0 saturated heterocycles. The highest BCUT2D eigenvalue weighted by Gasteiger charge is 2.31. The molecule has 2 atom stereocenters. The van der Waals surface area contributed by atoms with Crippen molar-refractivity contribution in [2.75, 3.05) is 41.0 Å². The largest absolute Gasteiger partial charge is 0.477 e. The van der Waals surface area contributed by atoms with E-state index in [4.69, 9.17) is 14.2 Å². The van der Waals surface area contributed by atoms with Crippen LogP contribution >= 0.6 is 0 Å². The van der Waals surface area contributed by atoms with Crippen LogP contribution in [0, 0.1) is 0 Å². The SMILES string of the molecule is CC/C=C\C/C=C\C/C=C\C/C=C\CCCCC(=O)OC(COCCC(C(=O)O)[N+](C)(C)C)COC(=O)CCCCCCCCCCCCCCCCCC. The fourth-order valence-electron chi connectivity index (χ4n) is 6.32. The quantitative estimate of drug-likeness (QED) is 0.0287. The minimum absolute atomic E-state index is 0.0451. The number of quaternary nitrogens is 1. The fraction of sp³-hybridized carbons (Fsp3) is 0.766. The van der Waals surface area contributed by atoms with E-state index >= 15 is 0 Å². The van der Waals surface area contributed by atoms with Crippen LogP contribution in [-0.2, 0) is 28.6 Å². The van der Waals surface area contributed by atoms with Crippen LogP contribution in [0.1, 0.15) is 181 Å². The molecule has 0 amide bonds. The Balaban J connectivity index is 4.39. The number of carboxylic acid groups (broad SMARTS) is 1. The number of aliphatic carboxylic acids is 1. The lowest BCUT2D eigenvalue weighted by atomic mass is 10.0. The number of allylic oxidation sites excluding steroid dienone is 8. The summed E-state index contributed by atoms with van der Waals surface area (Å²) in [6.07, 6.45) is 44.4. The van der Waals surface area contributed by atoms with Gasteiger partial charge in [-0.3, -0.25) is 9.59 Å². The summed E-state index contributed by atoms with van der Waals surface area (Å²) in [4.78, 5) is 37.0. The summed E-state index contributed by atoms with van der Waals surface area (Å²) in [5, 5.41) is 9.61. The minimum atomic E-state index is -0.882. The van der Waals surface area contributed by atoms with Crippen LogP contribution in [0.4, 0.5) is 0 Å². The van der Waals surface area contributed by atoms with E-state index in [2.05, 4.69) is 62.5 Å². The summed E-state index contributed by atoms with van der Waals surface area (Å²) in [7, 11) is 5.51. The smallest absolute Gasteiger partial charge is 0.362 e. The van der Waals surface area contributed by atoms with E-state index in [0.717, 1.165) is 57.8 Å². The van der Waals surface area contributed by atoms with Gasteiger partial charge < -0.3 is 23.8 Å². The third-order valence-corrected chi connectivity index (χ3v) is 9.74. The van der Waals surface area contributed by atoms with Gasteiger partial charge in [-0.2, -0.15) is 0 Å². The van der Waals surface area contributed by atoms with Gasteiger partial charge >= 0.3 is 17.9 Å². The van der Waals surface area contributed by atoms with Gasteiger partial charge in [0.25, 0.3) is 0 Å². The summed E-state index contributed by atoms with van der Waals surface area (Å²) < 4.78 is 17.2. The highest BCUT2D eigenvalue weighted by atomic mass is 16.6. The summed E-state index contributed by atoms with van der Waals surface area (Å²) in [5.41, 5.74) is 0. The number of ether oxygens (including phenoxy) is 3. The number of rotatable bonds is 39. The van der Waals surface area contributed by atoms with Gasteiger partial charge in [-0.05, 0) is 51.4 Å². The first kappa shape index (κ1) is 52.3. The molecule has 318 valence electrons. The third kappa shape index (κ3) is 36.7. The Bertz CT molecular complexity index is 1040. The number of unbranched alkanes of at least 4 members (excludes halogenated alkanes) is 17. The zero-order valence-electron chi connectivity index (χ0n) is 36.1. The first-order chi connectivity index (χ1) is 26.6. The van der Waals surface area contributed by atoms with Crippen molar-refractivity contribution in [3.8, 4) is 0 Å². The second kappa shape index (κ2) is 38.2. The first-order valence-electron chi connectivity index (χ1n) is 22.2. The van der Waals surface area contributed by atoms with Gasteiger partial charge in [0, 0.05) is 19.3 Å².